The number of anilines is 2. The summed E-state index contributed by atoms with van der Waals surface area (Å²) in [6.45, 7) is 7.88. The lowest BCUT2D eigenvalue weighted by atomic mass is 9.96. The number of aryl methyl sites for hydroxylation is 2. The number of thiocarbonyl (C=S) groups is 1. The van der Waals surface area contributed by atoms with Crippen molar-refractivity contribution in [1.82, 2.24) is 14.9 Å². The quantitative estimate of drug-likeness (QED) is 0.282. The minimum atomic E-state index is -0.279. The molecule has 8 heteroatoms. The third-order valence-corrected chi connectivity index (χ3v) is 7.35. The largest absolute Gasteiger partial charge is 0.351 e. The molecule has 6 nitrogen and oxygen atoms in total. The number of aromatic nitrogens is 2. The Morgan fingerprint density at radius 3 is 2.55 bits per heavy atom. The molecule has 0 spiro atoms. The van der Waals surface area contributed by atoms with Gasteiger partial charge < -0.3 is 20.1 Å². The molecule has 1 fully saturated rings. The number of amides is 1. The number of pyridine rings is 1. The van der Waals surface area contributed by atoms with Crippen LogP contribution in [0.4, 0.5) is 15.8 Å². The van der Waals surface area contributed by atoms with E-state index in [1.165, 1.54) is 6.07 Å². The van der Waals surface area contributed by atoms with Crippen LogP contribution in [0.2, 0.25) is 0 Å². The van der Waals surface area contributed by atoms with E-state index in [0.717, 1.165) is 45.3 Å². The highest BCUT2D eigenvalue weighted by Gasteiger charge is 2.42. The molecule has 2 aromatic carbocycles. The van der Waals surface area contributed by atoms with E-state index in [1.807, 2.05) is 63.2 Å². The number of nitrogens with one attached hydrogen (secondary N) is 2. The summed E-state index contributed by atoms with van der Waals surface area (Å²) in [6, 6.07) is 20.2. The summed E-state index contributed by atoms with van der Waals surface area (Å²) in [5.74, 6) is -0.309. The predicted molar refractivity (Wildman–Crippen MR) is 153 cm³/mol. The number of carbonyl (C=O) groups is 1. The van der Waals surface area contributed by atoms with E-state index in [4.69, 9.17) is 12.2 Å². The zero-order chi connectivity index (χ0) is 27.0. The highest BCUT2D eigenvalue weighted by Crippen LogP contribution is 2.44. The van der Waals surface area contributed by atoms with Crippen LogP contribution in [-0.2, 0) is 4.79 Å². The highest BCUT2D eigenvalue weighted by molar-refractivity contribution is 7.80. The van der Waals surface area contributed by atoms with Crippen molar-refractivity contribution < 1.29 is 9.18 Å². The fourth-order valence-electron chi connectivity index (χ4n) is 5.23. The van der Waals surface area contributed by atoms with Gasteiger partial charge in [-0.2, -0.15) is 0 Å². The summed E-state index contributed by atoms with van der Waals surface area (Å²) in [5, 5.41) is 7.05. The Hall–Kier alpha value is -4.04. The average molecular weight is 528 g/mol. The van der Waals surface area contributed by atoms with Crippen molar-refractivity contribution in [1.29, 1.82) is 0 Å². The van der Waals surface area contributed by atoms with Crippen molar-refractivity contribution >= 4 is 34.6 Å². The first-order valence-corrected chi connectivity index (χ1v) is 13.0. The number of hydrogen-bond donors (Lipinski definition) is 2. The Kier molecular flexibility index (Phi) is 6.99. The van der Waals surface area contributed by atoms with Crippen LogP contribution in [0, 0.1) is 26.6 Å². The van der Waals surface area contributed by atoms with Gasteiger partial charge in [-0.3, -0.25) is 9.78 Å². The molecule has 2 atom stereocenters. The lowest BCUT2D eigenvalue weighted by molar-refractivity contribution is -0.115. The molecule has 4 aromatic rings. The Bertz CT molecular complexity index is 1520. The second-order valence-electron chi connectivity index (χ2n) is 9.54. The molecule has 1 amide bonds. The average Bonchev–Trinajstić information content (AvgIpc) is 3.40. The lowest BCUT2D eigenvalue weighted by Crippen LogP contribution is -2.29. The first-order chi connectivity index (χ1) is 18.3. The van der Waals surface area contributed by atoms with E-state index in [1.54, 1.807) is 18.3 Å². The molecule has 0 radical (unpaired) electrons. The van der Waals surface area contributed by atoms with Gasteiger partial charge in [0.05, 0.1) is 17.8 Å². The summed E-state index contributed by atoms with van der Waals surface area (Å²) in [5.41, 5.74) is 7.34. The van der Waals surface area contributed by atoms with E-state index < -0.39 is 0 Å². The van der Waals surface area contributed by atoms with Crippen LogP contribution < -0.4 is 15.5 Å². The SMILES string of the molecule is CCC(=O)Nc1ccc(N2C(=S)N[C@H](c3ccccn3)[C@@H]2c2cc(C)n(-c3cccc(F)c3)c2C)cc1C. The normalized spacial score (nSPS) is 17.0. The molecule has 0 unspecified atom stereocenters. The summed E-state index contributed by atoms with van der Waals surface area (Å²) >= 11 is 5.90. The zero-order valence-electron chi connectivity index (χ0n) is 21.8. The molecule has 1 saturated heterocycles. The van der Waals surface area contributed by atoms with Gasteiger partial charge in [-0.05, 0) is 98.7 Å². The summed E-state index contributed by atoms with van der Waals surface area (Å²) < 4.78 is 16.2. The fraction of sp³-hybridized carbons (Fsp3) is 0.233. The van der Waals surface area contributed by atoms with Gasteiger partial charge in [0, 0.05) is 41.1 Å². The van der Waals surface area contributed by atoms with Gasteiger partial charge in [0.15, 0.2) is 5.11 Å². The van der Waals surface area contributed by atoms with E-state index in [9.17, 15) is 9.18 Å². The molecule has 0 bridgehead atoms. The number of rotatable bonds is 6. The minimum absolute atomic E-state index is 0.0305. The number of halogens is 1. The molecule has 1 aliphatic heterocycles. The maximum atomic E-state index is 14.1. The van der Waals surface area contributed by atoms with Crippen molar-refractivity contribution in [3.05, 3.63) is 107 Å². The Labute approximate surface area is 227 Å². The van der Waals surface area contributed by atoms with Crippen LogP contribution in [0.1, 0.15) is 53.6 Å². The van der Waals surface area contributed by atoms with Gasteiger partial charge in [-0.1, -0.05) is 19.1 Å². The van der Waals surface area contributed by atoms with Gasteiger partial charge >= 0.3 is 0 Å². The third-order valence-electron chi connectivity index (χ3n) is 7.04. The third kappa shape index (κ3) is 4.67. The smallest absolute Gasteiger partial charge is 0.224 e. The molecule has 2 N–H and O–H groups in total. The topological polar surface area (TPSA) is 62.2 Å². The molecule has 1 aliphatic rings. The summed E-state index contributed by atoms with van der Waals surface area (Å²) in [7, 11) is 0. The van der Waals surface area contributed by atoms with Crippen LogP contribution in [0.15, 0.2) is 72.9 Å². The summed E-state index contributed by atoms with van der Waals surface area (Å²) in [6.07, 6.45) is 2.20. The van der Waals surface area contributed by atoms with Gasteiger partial charge in [-0.25, -0.2) is 4.39 Å². The van der Waals surface area contributed by atoms with Crippen molar-refractivity contribution in [3.8, 4) is 5.69 Å². The van der Waals surface area contributed by atoms with Crippen LogP contribution in [0.25, 0.3) is 5.69 Å². The maximum absolute atomic E-state index is 14.1. The first-order valence-electron chi connectivity index (χ1n) is 12.6. The zero-order valence-corrected chi connectivity index (χ0v) is 22.6. The fourth-order valence-corrected chi connectivity index (χ4v) is 5.57. The number of carbonyl (C=O) groups excluding carboxylic acids is 1. The Balaban J connectivity index is 1.64. The molecule has 5 rings (SSSR count). The van der Waals surface area contributed by atoms with Crippen molar-refractivity contribution in [2.24, 2.45) is 0 Å². The molecule has 0 saturated carbocycles. The Morgan fingerprint density at radius 1 is 1.05 bits per heavy atom. The minimum Gasteiger partial charge on any atom is -0.351 e. The van der Waals surface area contributed by atoms with Crippen LogP contribution in [0.3, 0.4) is 0 Å². The lowest BCUT2D eigenvalue weighted by Gasteiger charge is -2.29. The maximum Gasteiger partial charge on any atom is 0.224 e. The van der Waals surface area contributed by atoms with Crippen molar-refractivity contribution in [2.75, 3.05) is 10.2 Å². The summed E-state index contributed by atoms with van der Waals surface area (Å²) in [4.78, 5) is 18.8. The molecule has 38 heavy (non-hydrogen) atoms. The molecule has 2 aromatic heterocycles. The van der Waals surface area contributed by atoms with Gasteiger partial charge in [0.1, 0.15) is 5.82 Å². The number of benzene rings is 2. The van der Waals surface area contributed by atoms with E-state index in [2.05, 4.69) is 38.1 Å². The molecular weight excluding hydrogens is 497 g/mol. The van der Waals surface area contributed by atoms with Gasteiger partial charge in [0.2, 0.25) is 5.91 Å². The van der Waals surface area contributed by atoms with E-state index in [0.29, 0.717) is 11.5 Å². The van der Waals surface area contributed by atoms with E-state index >= 15 is 0 Å². The van der Waals surface area contributed by atoms with Gasteiger partial charge in [0.25, 0.3) is 0 Å². The van der Waals surface area contributed by atoms with Crippen molar-refractivity contribution in [2.45, 2.75) is 46.2 Å². The van der Waals surface area contributed by atoms with E-state index in [-0.39, 0.29) is 23.8 Å². The van der Waals surface area contributed by atoms with Crippen LogP contribution in [-0.4, -0.2) is 20.6 Å². The van der Waals surface area contributed by atoms with Crippen LogP contribution >= 0.6 is 12.2 Å². The standard InChI is InChI=1S/C30H30FN5OS/c1-5-27(37)33-25-13-12-23(15-18(25)2)36-29(28(34-30(36)38)26-11-6-7-14-32-26)24-16-19(3)35(20(24)4)22-10-8-9-21(31)17-22/h6-17,28-29H,5H2,1-4H3,(H,33,37)(H,34,38)/t28-,29+/m1/s1. The monoisotopic (exact) mass is 527 g/mol. The second kappa shape index (κ2) is 10.4. The molecule has 0 aliphatic carbocycles. The highest BCUT2D eigenvalue weighted by atomic mass is 32.1. The second-order valence-corrected chi connectivity index (χ2v) is 9.93. The van der Waals surface area contributed by atoms with Crippen molar-refractivity contribution in [3.63, 3.8) is 0 Å². The first kappa shape index (κ1) is 25.6. The molecular formula is C30H30FN5OS. The Morgan fingerprint density at radius 2 is 1.87 bits per heavy atom. The predicted octanol–water partition coefficient (Wildman–Crippen LogP) is 6.46. The molecule has 3 heterocycles. The number of nitrogens with zero attached hydrogens (tertiary/aromatic N) is 3. The van der Waals surface area contributed by atoms with Crippen LogP contribution in [0.5, 0.6) is 0 Å². The number of hydrogen-bond acceptors (Lipinski definition) is 3. The van der Waals surface area contributed by atoms with Gasteiger partial charge in [-0.15, -0.1) is 0 Å². The molecule has 194 valence electrons.